The number of amides is 2. The molecule has 3 atom stereocenters. The van der Waals surface area contributed by atoms with Gasteiger partial charge in [0.15, 0.2) is 0 Å². The van der Waals surface area contributed by atoms with Gasteiger partial charge in [0.2, 0.25) is 5.91 Å². The SMILES string of the molecule is C=CC(C)(C)[C@@]12C[C@@H]3C(=O)Nc4ccccc4C(=O)N3[C@@H]1Nc1ccccc12. The Hall–Kier alpha value is -3.08. The molecule has 0 aromatic heterocycles. The third-order valence-corrected chi connectivity index (χ3v) is 6.91. The van der Waals surface area contributed by atoms with Crippen molar-refractivity contribution in [3.8, 4) is 0 Å². The van der Waals surface area contributed by atoms with Gasteiger partial charge in [-0.3, -0.25) is 9.59 Å². The number of hydrogen-bond donors (Lipinski definition) is 2. The summed E-state index contributed by atoms with van der Waals surface area (Å²) in [4.78, 5) is 28.5. The number of anilines is 2. The van der Waals surface area contributed by atoms with Gasteiger partial charge >= 0.3 is 0 Å². The summed E-state index contributed by atoms with van der Waals surface area (Å²) in [6.45, 7) is 8.36. The van der Waals surface area contributed by atoms with Crippen molar-refractivity contribution >= 4 is 23.2 Å². The monoisotopic (exact) mass is 373 g/mol. The van der Waals surface area contributed by atoms with Gasteiger partial charge in [-0.25, -0.2) is 0 Å². The third kappa shape index (κ3) is 1.91. The normalized spacial score (nSPS) is 27.7. The lowest BCUT2D eigenvalue weighted by molar-refractivity contribution is -0.119. The molecule has 3 heterocycles. The number of benzene rings is 2. The molecule has 5 heteroatoms. The van der Waals surface area contributed by atoms with Gasteiger partial charge in [0, 0.05) is 11.1 Å². The predicted molar refractivity (Wildman–Crippen MR) is 109 cm³/mol. The van der Waals surface area contributed by atoms with Crippen molar-refractivity contribution in [1.29, 1.82) is 0 Å². The first-order valence-electron chi connectivity index (χ1n) is 9.63. The van der Waals surface area contributed by atoms with E-state index in [1.165, 1.54) is 0 Å². The Morgan fingerprint density at radius 1 is 1.11 bits per heavy atom. The van der Waals surface area contributed by atoms with Gasteiger partial charge in [0.05, 0.1) is 11.3 Å². The molecule has 0 aliphatic carbocycles. The van der Waals surface area contributed by atoms with E-state index in [9.17, 15) is 9.59 Å². The number of fused-ring (bicyclic) bond motifs is 6. The first-order valence-corrected chi connectivity index (χ1v) is 9.63. The molecular formula is C23H23N3O2. The molecule has 28 heavy (non-hydrogen) atoms. The van der Waals surface area contributed by atoms with E-state index in [1.807, 2.05) is 36.4 Å². The Labute approximate surface area is 164 Å². The van der Waals surface area contributed by atoms with Crippen LogP contribution in [0.25, 0.3) is 0 Å². The minimum atomic E-state index is -0.537. The van der Waals surface area contributed by atoms with Crippen molar-refractivity contribution in [3.05, 3.63) is 72.3 Å². The molecule has 0 radical (unpaired) electrons. The second-order valence-electron chi connectivity index (χ2n) is 8.46. The highest BCUT2D eigenvalue weighted by atomic mass is 16.2. The fourth-order valence-electron chi connectivity index (χ4n) is 5.28. The topological polar surface area (TPSA) is 61.4 Å². The van der Waals surface area contributed by atoms with Crippen molar-refractivity contribution < 1.29 is 9.59 Å². The van der Waals surface area contributed by atoms with Crippen molar-refractivity contribution in [3.63, 3.8) is 0 Å². The molecule has 0 spiro atoms. The standard InChI is InChI=1S/C23H23N3O2/c1-4-22(2,3)23-13-18-19(27)24-16-11-7-5-9-14(16)20(28)26(18)21(23)25-17-12-8-6-10-15(17)23/h4-12,18,21,25H,1,13H2,2-3H3,(H,24,27)/t18-,21+,23-/m1/s1. The molecule has 2 amide bonds. The van der Waals surface area contributed by atoms with Crippen LogP contribution in [0.2, 0.25) is 0 Å². The average molecular weight is 373 g/mol. The lowest BCUT2D eigenvalue weighted by Gasteiger charge is -2.43. The zero-order valence-corrected chi connectivity index (χ0v) is 16.0. The first kappa shape index (κ1) is 17.0. The van der Waals surface area contributed by atoms with Crippen LogP contribution in [0.4, 0.5) is 11.4 Å². The van der Waals surface area contributed by atoms with E-state index in [1.54, 1.807) is 17.0 Å². The Kier molecular flexibility index (Phi) is 3.33. The fourth-order valence-corrected chi connectivity index (χ4v) is 5.28. The Balaban J connectivity index is 1.74. The molecule has 3 aliphatic rings. The van der Waals surface area contributed by atoms with Gasteiger partial charge in [-0.05, 0) is 35.6 Å². The Bertz CT molecular complexity index is 1030. The highest BCUT2D eigenvalue weighted by Gasteiger charge is 2.66. The Morgan fingerprint density at radius 3 is 2.54 bits per heavy atom. The molecule has 2 aromatic rings. The van der Waals surface area contributed by atoms with E-state index in [-0.39, 0.29) is 23.4 Å². The molecule has 5 nitrogen and oxygen atoms in total. The molecule has 2 aromatic carbocycles. The second kappa shape index (κ2) is 5.47. The summed E-state index contributed by atoms with van der Waals surface area (Å²) in [7, 11) is 0. The van der Waals surface area contributed by atoms with Gasteiger partial charge in [-0.2, -0.15) is 0 Å². The van der Waals surface area contributed by atoms with Crippen molar-refractivity contribution in [2.24, 2.45) is 5.41 Å². The molecule has 2 N–H and O–H groups in total. The molecular weight excluding hydrogens is 350 g/mol. The molecule has 0 unspecified atom stereocenters. The van der Waals surface area contributed by atoms with Crippen LogP contribution in [0.5, 0.6) is 0 Å². The van der Waals surface area contributed by atoms with E-state index in [2.05, 4.69) is 37.1 Å². The van der Waals surface area contributed by atoms with Crippen LogP contribution in [0.15, 0.2) is 61.2 Å². The van der Waals surface area contributed by atoms with Crippen LogP contribution in [-0.4, -0.2) is 28.9 Å². The summed E-state index contributed by atoms with van der Waals surface area (Å²) in [5.41, 5.74) is 2.51. The van der Waals surface area contributed by atoms with Crippen LogP contribution in [0.3, 0.4) is 0 Å². The number of nitrogens with zero attached hydrogens (tertiary/aromatic N) is 1. The maximum Gasteiger partial charge on any atom is 0.258 e. The first-order chi connectivity index (χ1) is 13.4. The van der Waals surface area contributed by atoms with Crippen LogP contribution in [0, 0.1) is 5.41 Å². The molecule has 0 saturated carbocycles. The molecule has 1 saturated heterocycles. The number of hydrogen-bond acceptors (Lipinski definition) is 3. The summed E-state index contributed by atoms with van der Waals surface area (Å²) in [5.74, 6) is -0.253. The zero-order valence-electron chi connectivity index (χ0n) is 16.0. The number of nitrogens with one attached hydrogen (secondary N) is 2. The van der Waals surface area contributed by atoms with Gasteiger partial charge in [0.25, 0.3) is 5.91 Å². The smallest absolute Gasteiger partial charge is 0.258 e. The summed E-state index contributed by atoms with van der Waals surface area (Å²) < 4.78 is 0. The highest BCUT2D eigenvalue weighted by Crippen LogP contribution is 2.60. The number of para-hydroxylation sites is 2. The predicted octanol–water partition coefficient (Wildman–Crippen LogP) is 3.76. The van der Waals surface area contributed by atoms with E-state index in [0.717, 1.165) is 11.3 Å². The van der Waals surface area contributed by atoms with Crippen LogP contribution >= 0.6 is 0 Å². The summed E-state index contributed by atoms with van der Waals surface area (Å²) in [6, 6.07) is 14.8. The number of rotatable bonds is 2. The maximum absolute atomic E-state index is 13.6. The number of allylic oxidation sites excluding steroid dienone is 1. The molecule has 5 rings (SSSR count). The number of carbonyl (C=O) groups excluding carboxylic acids is 2. The minimum Gasteiger partial charge on any atom is -0.364 e. The summed E-state index contributed by atoms with van der Waals surface area (Å²) in [5, 5.41) is 6.53. The van der Waals surface area contributed by atoms with Crippen LogP contribution in [-0.2, 0) is 10.2 Å². The van der Waals surface area contributed by atoms with Gasteiger partial charge in [-0.15, -0.1) is 6.58 Å². The second-order valence-corrected chi connectivity index (χ2v) is 8.46. The van der Waals surface area contributed by atoms with Crippen LogP contribution in [0.1, 0.15) is 36.2 Å². The van der Waals surface area contributed by atoms with Crippen molar-refractivity contribution in [2.45, 2.75) is 37.9 Å². The van der Waals surface area contributed by atoms with Crippen molar-refractivity contribution in [2.75, 3.05) is 10.6 Å². The zero-order chi connectivity index (χ0) is 19.7. The Morgan fingerprint density at radius 2 is 1.79 bits per heavy atom. The summed E-state index contributed by atoms with van der Waals surface area (Å²) in [6.07, 6.45) is 2.19. The average Bonchev–Trinajstić information content (AvgIpc) is 3.17. The van der Waals surface area contributed by atoms with E-state index in [0.29, 0.717) is 17.7 Å². The minimum absolute atomic E-state index is 0.119. The van der Waals surface area contributed by atoms with Gasteiger partial charge in [-0.1, -0.05) is 50.3 Å². The highest BCUT2D eigenvalue weighted by molar-refractivity contribution is 6.10. The number of carbonyl (C=O) groups is 2. The van der Waals surface area contributed by atoms with Crippen LogP contribution < -0.4 is 10.6 Å². The third-order valence-electron chi connectivity index (χ3n) is 6.91. The van der Waals surface area contributed by atoms with Gasteiger partial charge in [0.1, 0.15) is 12.2 Å². The molecule has 3 aliphatic heterocycles. The molecule has 0 bridgehead atoms. The molecule has 142 valence electrons. The largest absolute Gasteiger partial charge is 0.364 e. The quantitative estimate of drug-likeness (QED) is 0.788. The van der Waals surface area contributed by atoms with E-state index in [4.69, 9.17) is 0 Å². The van der Waals surface area contributed by atoms with E-state index >= 15 is 0 Å². The van der Waals surface area contributed by atoms with Gasteiger partial charge < -0.3 is 15.5 Å². The van der Waals surface area contributed by atoms with Crippen molar-refractivity contribution in [1.82, 2.24) is 4.90 Å². The fraction of sp³-hybridized carbons (Fsp3) is 0.304. The summed E-state index contributed by atoms with van der Waals surface area (Å²) >= 11 is 0. The maximum atomic E-state index is 13.6. The molecule has 1 fully saturated rings. The lowest BCUT2D eigenvalue weighted by Crippen LogP contribution is -2.53. The van der Waals surface area contributed by atoms with E-state index < -0.39 is 11.5 Å². The lowest BCUT2D eigenvalue weighted by atomic mass is 9.60.